The standard InChI is InChI=1S/C16H13BrN2O3/c1-20-13-7-6-11(9-14(13)21-2)16-19-18-15(22-16)10-4-3-5-12(17)8-10/h3-9H,1-2H3. The van der Waals surface area contributed by atoms with Gasteiger partial charge in [0.15, 0.2) is 11.5 Å². The summed E-state index contributed by atoms with van der Waals surface area (Å²) in [6.07, 6.45) is 0. The number of rotatable bonds is 4. The maximum absolute atomic E-state index is 5.74. The van der Waals surface area contributed by atoms with Crippen LogP contribution in [0.2, 0.25) is 0 Å². The topological polar surface area (TPSA) is 57.4 Å². The second kappa shape index (κ2) is 6.19. The monoisotopic (exact) mass is 360 g/mol. The fourth-order valence-corrected chi connectivity index (χ4v) is 2.45. The van der Waals surface area contributed by atoms with Gasteiger partial charge in [-0.1, -0.05) is 22.0 Å². The third kappa shape index (κ3) is 2.82. The van der Waals surface area contributed by atoms with E-state index >= 15 is 0 Å². The molecule has 1 heterocycles. The highest BCUT2D eigenvalue weighted by molar-refractivity contribution is 9.10. The summed E-state index contributed by atoms with van der Waals surface area (Å²) < 4.78 is 17.2. The second-order valence-corrected chi connectivity index (χ2v) is 5.41. The Bertz CT molecular complexity index is 802. The highest BCUT2D eigenvalue weighted by atomic mass is 79.9. The first-order valence-electron chi connectivity index (χ1n) is 6.53. The molecule has 3 rings (SSSR count). The average molecular weight is 361 g/mol. The predicted octanol–water partition coefficient (Wildman–Crippen LogP) is 4.18. The molecule has 0 aliphatic heterocycles. The minimum absolute atomic E-state index is 0.427. The Hall–Kier alpha value is -2.34. The maximum atomic E-state index is 5.74. The lowest BCUT2D eigenvalue weighted by Crippen LogP contribution is -1.90. The Kier molecular flexibility index (Phi) is 4.11. The number of aromatic nitrogens is 2. The number of benzene rings is 2. The molecular formula is C16H13BrN2O3. The molecular weight excluding hydrogens is 348 g/mol. The number of methoxy groups -OCH3 is 2. The lowest BCUT2D eigenvalue weighted by atomic mass is 10.2. The van der Waals surface area contributed by atoms with E-state index < -0.39 is 0 Å². The van der Waals surface area contributed by atoms with E-state index in [1.807, 2.05) is 30.3 Å². The first-order valence-corrected chi connectivity index (χ1v) is 7.32. The van der Waals surface area contributed by atoms with Gasteiger partial charge in [-0.25, -0.2) is 0 Å². The lowest BCUT2D eigenvalue weighted by Gasteiger charge is -2.07. The second-order valence-electron chi connectivity index (χ2n) is 4.49. The van der Waals surface area contributed by atoms with Crippen LogP contribution in [-0.4, -0.2) is 24.4 Å². The SMILES string of the molecule is COc1ccc(-c2nnc(-c3cccc(Br)c3)o2)cc1OC. The predicted molar refractivity (Wildman–Crippen MR) is 86.0 cm³/mol. The summed E-state index contributed by atoms with van der Waals surface area (Å²) >= 11 is 3.43. The van der Waals surface area contributed by atoms with Gasteiger partial charge >= 0.3 is 0 Å². The molecule has 0 unspecified atom stereocenters. The van der Waals surface area contributed by atoms with E-state index in [0.717, 1.165) is 15.6 Å². The summed E-state index contributed by atoms with van der Waals surface area (Å²) in [5.74, 6) is 2.15. The van der Waals surface area contributed by atoms with Crippen molar-refractivity contribution in [2.45, 2.75) is 0 Å². The van der Waals surface area contributed by atoms with Gasteiger partial charge in [-0.05, 0) is 36.4 Å². The van der Waals surface area contributed by atoms with E-state index in [1.165, 1.54) is 0 Å². The highest BCUT2D eigenvalue weighted by Gasteiger charge is 2.13. The molecule has 0 atom stereocenters. The van der Waals surface area contributed by atoms with Crippen molar-refractivity contribution in [3.63, 3.8) is 0 Å². The van der Waals surface area contributed by atoms with Gasteiger partial charge in [-0.2, -0.15) is 0 Å². The van der Waals surface area contributed by atoms with E-state index in [0.29, 0.717) is 23.3 Å². The van der Waals surface area contributed by atoms with Crippen molar-refractivity contribution < 1.29 is 13.9 Å². The Balaban J connectivity index is 1.97. The zero-order valence-electron chi connectivity index (χ0n) is 12.0. The van der Waals surface area contributed by atoms with Gasteiger partial charge in [-0.3, -0.25) is 0 Å². The van der Waals surface area contributed by atoms with Crippen molar-refractivity contribution in [2.24, 2.45) is 0 Å². The van der Waals surface area contributed by atoms with Crippen molar-refractivity contribution >= 4 is 15.9 Å². The van der Waals surface area contributed by atoms with Crippen molar-refractivity contribution in [3.8, 4) is 34.4 Å². The number of nitrogens with zero attached hydrogens (tertiary/aromatic N) is 2. The molecule has 0 spiro atoms. The third-order valence-corrected chi connectivity index (χ3v) is 3.62. The van der Waals surface area contributed by atoms with Crippen LogP contribution in [0.15, 0.2) is 51.4 Å². The molecule has 3 aromatic rings. The largest absolute Gasteiger partial charge is 0.493 e. The quantitative estimate of drug-likeness (QED) is 0.698. The molecule has 0 fully saturated rings. The van der Waals surface area contributed by atoms with Gasteiger partial charge in [0, 0.05) is 15.6 Å². The van der Waals surface area contributed by atoms with Crippen LogP contribution >= 0.6 is 15.9 Å². The molecule has 0 saturated carbocycles. The van der Waals surface area contributed by atoms with Gasteiger partial charge in [0.25, 0.3) is 0 Å². The smallest absolute Gasteiger partial charge is 0.248 e. The Morgan fingerprint density at radius 2 is 1.55 bits per heavy atom. The van der Waals surface area contributed by atoms with E-state index in [4.69, 9.17) is 13.9 Å². The number of hydrogen-bond donors (Lipinski definition) is 0. The van der Waals surface area contributed by atoms with E-state index in [9.17, 15) is 0 Å². The van der Waals surface area contributed by atoms with E-state index in [-0.39, 0.29) is 0 Å². The molecule has 22 heavy (non-hydrogen) atoms. The van der Waals surface area contributed by atoms with Crippen LogP contribution in [0.1, 0.15) is 0 Å². The molecule has 0 amide bonds. The van der Waals surface area contributed by atoms with Crippen molar-refractivity contribution in [3.05, 3.63) is 46.9 Å². The Labute approximate surface area is 136 Å². The van der Waals surface area contributed by atoms with Crippen LogP contribution < -0.4 is 9.47 Å². The summed E-state index contributed by atoms with van der Waals surface area (Å²) in [5.41, 5.74) is 1.62. The summed E-state index contributed by atoms with van der Waals surface area (Å²) in [7, 11) is 3.18. The lowest BCUT2D eigenvalue weighted by molar-refractivity contribution is 0.355. The summed E-state index contributed by atoms with van der Waals surface area (Å²) in [6, 6.07) is 13.1. The first-order chi connectivity index (χ1) is 10.7. The molecule has 0 saturated heterocycles. The zero-order chi connectivity index (χ0) is 15.5. The fourth-order valence-electron chi connectivity index (χ4n) is 2.05. The zero-order valence-corrected chi connectivity index (χ0v) is 13.6. The minimum atomic E-state index is 0.427. The van der Waals surface area contributed by atoms with E-state index in [2.05, 4.69) is 26.1 Å². The van der Waals surface area contributed by atoms with Crippen LogP contribution in [0.3, 0.4) is 0 Å². The number of halogens is 1. The van der Waals surface area contributed by atoms with Crippen LogP contribution in [0.5, 0.6) is 11.5 Å². The van der Waals surface area contributed by atoms with Crippen molar-refractivity contribution in [2.75, 3.05) is 14.2 Å². The van der Waals surface area contributed by atoms with Gasteiger partial charge in [0.05, 0.1) is 14.2 Å². The molecule has 112 valence electrons. The Morgan fingerprint density at radius 1 is 0.864 bits per heavy atom. The van der Waals surface area contributed by atoms with Gasteiger partial charge < -0.3 is 13.9 Å². The van der Waals surface area contributed by atoms with Crippen molar-refractivity contribution in [1.82, 2.24) is 10.2 Å². The van der Waals surface area contributed by atoms with Crippen molar-refractivity contribution in [1.29, 1.82) is 0 Å². The van der Waals surface area contributed by atoms with Gasteiger partial charge in [-0.15, -0.1) is 10.2 Å². The normalized spacial score (nSPS) is 10.5. The maximum Gasteiger partial charge on any atom is 0.248 e. The molecule has 0 radical (unpaired) electrons. The van der Waals surface area contributed by atoms with Crippen LogP contribution in [0.4, 0.5) is 0 Å². The number of ether oxygens (including phenoxy) is 2. The molecule has 0 aliphatic carbocycles. The summed E-state index contributed by atoms with van der Waals surface area (Å²) in [6.45, 7) is 0. The molecule has 2 aromatic carbocycles. The van der Waals surface area contributed by atoms with Gasteiger partial charge in [0.2, 0.25) is 11.8 Å². The average Bonchev–Trinajstić information content (AvgIpc) is 3.04. The fraction of sp³-hybridized carbons (Fsp3) is 0.125. The first kappa shape index (κ1) is 14.6. The molecule has 6 heteroatoms. The third-order valence-electron chi connectivity index (χ3n) is 3.13. The summed E-state index contributed by atoms with van der Waals surface area (Å²) in [5, 5.41) is 8.19. The van der Waals surface area contributed by atoms with Crippen LogP contribution in [-0.2, 0) is 0 Å². The molecule has 0 N–H and O–H groups in total. The number of hydrogen-bond acceptors (Lipinski definition) is 5. The Morgan fingerprint density at radius 3 is 2.18 bits per heavy atom. The van der Waals surface area contributed by atoms with Gasteiger partial charge in [0.1, 0.15) is 0 Å². The van der Waals surface area contributed by atoms with Crippen LogP contribution in [0, 0.1) is 0 Å². The molecule has 5 nitrogen and oxygen atoms in total. The summed E-state index contributed by atoms with van der Waals surface area (Å²) in [4.78, 5) is 0. The molecule has 1 aromatic heterocycles. The minimum Gasteiger partial charge on any atom is -0.493 e. The van der Waals surface area contributed by atoms with E-state index in [1.54, 1.807) is 26.4 Å². The molecule has 0 bridgehead atoms. The van der Waals surface area contributed by atoms with Crippen LogP contribution in [0.25, 0.3) is 22.9 Å². The highest BCUT2D eigenvalue weighted by Crippen LogP contribution is 2.33. The molecule has 0 aliphatic rings.